The maximum atomic E-state index is 11.5. The van der Waals surface area contributed by atoms with Gasteiger partial charge in [-0.15, -0.1) is 0 Å². The van der Waals surface area contributed by atoms with Crippen LogP contribution in [-0.2, 0) is 9.84 Å². The summed E-state index contributed by atoms with van der Waals surface area (Å²) in [6.07, 6.45) is 0.295. The van der Waals surface area contributed by atoms with Gasteiger partial charge in [-0.1, -0.05) is 18.2 Å². The third-order valence-electron chi connectivity index (χ3n) is 2.94. The van der Waals surface area contributed by atoms with Gasteiger partial charge in [0.1, 0.15) is 18.5 Å². The number of anilines is 1. The van der Waals surface area contributed by atoms with Crippen LogP contribution in [-0.4, -0.2) is 26.4 Å². The van der Waals surface area contributed by atoms with Gasteiger partial charge in [0.25, 0.3) is 0 Å². The molecule has 1 unspecified atom stereocenters. The van der Waals surface area contributed by atoms with Crippen LogP contribution in [0.5, 0.6) is 5.75 Å². The first kappa shape index (κ1) is 15.3. The number of aliphatic hydroxyl groups excluding tert-OH is 1. The lowest BCUT2D eigenvalue weighted by atomic mass is 10.1. The van der Waals surface area contributed by atoms with Gasteiger partial charge in [-0.3, -0.25) is 0 Å². The first-order valence-corrected chi connectivity index (χ1v) is 8.22. The van der Waals surface area contributed by atoms with E-state index in [1.165, 1.54) is 12.1 Å². The normalized spacial score (nSPS) is 12.9. The number of sulfone groups is 1. The Labute approximate surface area is 123 Å². The summed E-state index contributed by atoms with van der Waals surface area (Å²) < 4.78 is 28.4. The van der Waals surface area contributed by atoms with E-state index in [2.05, 4.69) is 0 Å². The van der Waals surface area contributed by atoms with Crippen molar-refractivity contribution in [3.05, 3.63) is 54.1 Å². The summed E-state index contributed by atoms with van der Waals surface area (Å²) >= 11 is 0. The fourth-order valence-corrected chi connectivity index (χ4v) is 2.49. The molecular formula is C15H17NO4S. The van der Waals surface area contributed by atoms with Gasteiger partial charge < -0.3 is 15.6 Å². The molecule has 1 atom stereocenters. The smallest absolute Gasteiger partial charge is 0.175 e. The lowest BCUT2D eigenvalue weighted by Gasteiger charge is -2.13. The van der Waals surface area contributed by atoms with Gasteiger partial charge in [-0.2, -0.15) is 0 Å². The molecule has 0 heterocycles. The van der Waals surface area contributed by atoms with Crippen LogP contribution >= 0.6 is 0 Å². The predicted molar refractivity (Wildman–Crippen MR) is 80.9 cm³/mol. The molecule has 0 spiro atoms. The molecule has 2 aromatic rings. The zero-order chi connectivity index (χ0) is 15.5. The predicted octanol–water partition coefficient (Wildman–Crippen LogP) is 1.78. The number of nitrogen functional groups attached to an aromatic ring is 1. The lowest BCUT2D eigenvalue weighted by Crippen LogP contribution is -2.10. The van der Waals surface area contributed by atoms with Crippen molar-refractivity contribution in [2.45, 2.75) is 11.0 Å². The zero-order valence-corrected chi connectivity index (χ0v) is 12.4. The van der Waals surface area contributed by atoms with E-state index in [1.807, 2.05) is 0 Å². The first-order chi connectivity index (χ1) is 9.86. The van der Waals surface area contributed by atoms with E-state index >= 15 is 0 Å². The third-order valence-corrected chi connectivity index (χ3v) is 4.05. The Balaban J connectivity index is 2.06. The van der Waals surface area contributed by atoms with Crippen LogP contribution in [0.3, 0.4) is 0 Å². The maximum absolute atomic E-state index is 11.5. The fourth-order valence-electron chi connectivity index (χ4n) is 1.83. The number of hydrogen-bond donors (Lipinski definition) is 2. The number of nitrogens with two attached hydrogens (primary N) is 1. The largest absolute Gasteiger partial charge is 0.490 e. The molecule has 0 radical (unpaired) electrons. The van der Waals surface area contributed by atoms with Crippen LogP contribution in [0.25, 0.3) is 0 Å². The summed E-state index contributed by atoms with van der Waals surface area (Å²) in [5, 5.41) is 10.0. The summed E-state index contributed by atoms with van der Waals surface area (Å²) in [6, 6.07) is 13.1. The summed E-state index contributed by atoms with van der Waals surface area (Å²) in [6.45, 7) is 0.0106. The third kappa shape index (κ3) is 4.21. The Bertz CT molecular complexity index is 728. The quantitative estimate of drug-likeness (QED) is 0.822. The molecule has 3 N–H and O–H groups in total. The Kier molecular flexibility index (Phi) is 4.50. The number of aliphatic hydroxyl groups is 1. The van der Waals surface area contributed by atoms with E-state index in [0.717, 1.165) is 6.26 Å². The van der Waals surface area contributed by atoms with Crippen molar-refractivity contribution in [2.24, 2.45) is 0 Å². The molecular weight excluding hydrogens is 290 g/mol. The molecule has 2 rings (SSSR count). The van der Waals surface area contributed by atoms with Crippen molar-refractivity contribution in [3.8, 4) is 5.75 Å². The van der Waals surface area contributed by atoms with Crippen LogP contribution in [0.4, 0.5) is 5.69 Å². The van der Waals surface area contributed by atoms with Crippen LogP contribution in [0.15, 0.2) is 53.4 Å². The monoisotopic (exact) mass is 307 g/mol. The Morgan fingerprint density at radius 3 is 2.57 bits per heavy atom. The van der Waals surface area contributed by atoms with Gasteiger partial charge in [-0.05, 0) is 35.9 Å². The number of benzene rings is 2. The number of rotatable bonds is 5. The molecule has 0 aliphatic heterocycles. The molecule has 0 fully saturated rings. The lowest BCUT2D eigenvalue weighted by molar-refractivity contribution is 0.108. The minimum absolute atomic E-state index is 0.0106. The number of ether oxygens (including phenoxy) is 1. The Morgan fingerprint density at radius 1 is 1.19 bits per heavy atom. The van der Waals surface area contributed by atoms with E-state index in [0.29, 0.717) is 17.0 Å². The second-order valence-corrected chi connectivity index (χ2v) is 6.76. The summed E-state index contributed by atoms with van der Waals surface area (Å²) in [4.78, 5) is 0.179. The Morgan fingerprint density at radius 2 is 1.90 bits per heavy atom. The van der Waals surface area contributed by atoms with Gasteiger partial charge in [0.2, 0.25) is 0 Å². The van der Waals surface area contributed by atoms with Crippen molar-refractivity contribution in [1.29, 1.82) is 0 Å². The molecule has 0 aliphatic rings. The highest BCUT2D eigenvalue weighted by Crippen LogP contribution is 2.20. The number of hydrogen-bond acceptors (Lipinski definition) is 5. The molecule has 5 nitrogen and oxygen atoms in total. The van der Waals surface area contributed by atoms with Crippen molar-refractivity contribution in [1.82, 2.24) is 0 Å². The molecule has 0 aliphatic carbocycles. The van der Waals surface area contributed by atoms with Crippen LogP contribution in [0.1, 0.15) is 11.7 Å². The summed E-state index contributed by atoms with van der Waals surface area (Å²) in [7, 11) is -3.28. The van der Waals surface area contributed by atoms with E-state index in [1.54, 1.807) is 36.4 Å². The molecule has 2 aromatic carbocycles. The minimum atomic E-state index is -3.28. The van der Waals surface area contributed by atoms with Gasteiger partial charge in [0.05, 0.1) is 4.90 Å². The molecule has 0 saturated carbocycles. The van der Waals surface area contributed by atoms with Crippen molar-refractivity contribution in [2.75, 3.05) is 18.6 Å². The first-order valence-electron chi connectivity index (χ1n) is 6.33. The molecule has 21 heavy (non-hydrogen) atoms. The van der Waals surface area contributed by atoms with Crippen molar-refractivity contribution >= 4 is 15.5 Å². The maximum Gasteiger partial charge on any atom is 0.175 e. The van der Waals surface area contributed by atoms with E-state index in [-0.39, 0.29) is 11.5 Å². The van der Waals surface area contributed by atoms with Crippen LogP contribution in [0.2, 0.25) is 0 Å². The second-order valence-electron chi connectivity index (χ2n) is 4.74. The molecule has 112 valence electrons. The fraction of sp³-hybridized carbons (Fsp3) is 0.200. The SMILES string of the molecule is CS(=O)(=O)c1cccc(OCC(O)c2cccc(N)c2)c1. The minimum Gasteiger partial charge on any atom is -0.490 e. The standard InChI is InChI=1S/C15H17NO4S/c1-21(18,19)14-7-3-6-13(9-14)20-10-15(17)11-4-2-5-12(16)8-11/h2-9,15,17H,10,16H2,1H3. The topological polar surface area (TPSA) is 89.6 Å². The van der Waals surface area contributed by atoms with Gasteiger partial charge >= 0.3 is 0 Å². The molecule has 6 heteroatoms. The molecule has 0 aromatic heterocycles. The van der Waals surface area contributed by atoms with Crippen LogP contribution in [0, 0.1) is 0 Å². The molecule has 0 bridgehead atoms. The summed E-state index contributed by atoms with van der Waals surface area (Å²) in [5.41, 5.74) is 6.86. The second kappa shape index (κ2) is 6.15. The Hall–Kier alpha value is -2.05. The van der Waals surface area contributed by atoms with Crippen LogP contribution < -0.4 is 10.5 Å². The average molecular weight is 307 g/mol. The highest BCUT2D eigenvalue weighted by Gasteiger charge is 2.11. The highest BCUT2D eigenvalue weighted by molar-refractivity contribution is 7.90. The molecule has 0 saturated heterocycles. The highest BCUT2D eigenvalue weighted by atomic mass is 32.2. The van der Waals surface area contributed by atoms with Crippen molar-refractivity contribution < 1.29 is 18.3 Å². The summed E-state index contributed by atoms with van der Waals surface area (Å²) in [5.74, 6) is 0.390. The van der Waals surface area contributed by atoms with E-state index in [9.17, 15) is 13.5 Å². The molecule has 0 amide bonds. The van der Waals surface area contributed by atoms with Gasteiger partial charge in [0, 0.05) is 11.9 Å². The van der Waals surface area contributed by atoms with Crippen molar-refractivity contribution in [3.63, 3.8) is 0 Å². The zero-order valence-electron chi connectivity index (χ0n) is 11.6. The van der Waals surface area contributed by atoms with Gasteiger partial charge in [-0.25, -0.2) is 8.42 Å². The van der Waals surface area contributed by atoms with E-state index < -0.39 is 15.9 Å². The van der Waals surface area contributed by atoms with Gasteiger partial charge in [0.15, 0.2) is 9.84 Å². The van der Waals surface area contributed by atoms with E-state index in [4.69, 9.17) is 10.5 Å². The average Bonchev–Trinajstić information content (AvgIpc) is 2.44.